The van der Waals surface area contributed by atoms with Crippen LogP contribution in [-0.4, -0.2) is 28.6 Å². The molecular weight excluding hydrogens is 381 g/mol. The number of nitrogens with zero attached hydrogens (tertiary/aromatic N) is 3. The number of thiazole rings is 1. The zero-order chi connectivity index (χ0) is 19.8. The Hall–Kier alpha value is -3.33. The summed E-state index contributed by atoms with van der Waals surface area (Å²) in [5.41, 5.74) is 8.00. The molecule has 2 amide bonds. The minimum Gasteiger partial charge on any atom is -0.368 e. The van der Waals surface area contributed by atoms with Crippen LogP contribution >= 0.6 is 11.3 Å². The molecule has 0 saturated carbocycles. The summed E-state index contributed by atoms with van der Waals surface area (Å²) in [4.78, 5) is 28.9. The highest BCUT2D eigenvalue weighted by molar-refractivity contribution is 7.22. The number of primary amides is 1. The standard InChI is InChI=1S/C19H16FN5O2S/c1-10-2-7-13-16(8-10)28-19(22-13)23-18(27)14-9-15(17(21)26)25(24-14)12-5-3-11(20)4-6-12/h2-8,15H,9H2,1H3,(H2,21,26)(H,22,23,27)/t15-/m0/s1. The molecule has 0 aliphatic carbocycles. The predicted octanol–water partition coefficient (Wildman–Crippen LogP) is 2.80. The first-order valence-electron chi connectivity index (χ1n) is 8.51. The highest BCUT2D eigenvalue weighted by Gasteiger charge is 2.35. The number of aromatic nitrogens is 1. The molecule has 1 aliphatic heterocycles. The molecule has 2 aromatic carbocycles. The van der Waals surface area contributed by atoms with E-state index in [-0.39, 0.29) is 12.1 Å². The zero-order valence-corrected chi connectivity index (χ0v) is 15.7. The van der Waals surface area contributed by atoms with Gasteiger partial charge in [0.05, 0.1) is 15.9 Å². The highest BCUT2D eigenvalue weighted by Crippen LogP contribution is 2.28. The first-order valence-corrected chi connectivity index (χ1v) is 9.32. The summed E-state index contributed by atoms with van der Waals surface area (Å²) in [7, 11) is 0. The third-order valence-corrected chi connectivity index (χ3v) is 5.29. The summed E-state index contributed by atoms with van der Waals surface area (Å²) in [5.74, 6) is -1.48. The Bertz CT molecular complexity index is 1110. The summed E-state index contributed by atoms with van der Waals surface area (Å²) < 4.78 is 14.1. The van der Waals surface area contributed by atoms with E-state index in [1.54, 1.807) is 0 Å². The zero-order valence-electron chi connectivity index (χ0n) is 14.8. The van der Waals surface area contributed by atoms with Crippen LogP contribution in [0.4, 0.5) is 15.2 Å². The molecular formula is C19H16FN5O2S. The van der Waals surface area contributed by atoms with Gasteiger partial charge in [-0.2, -0.15) is 5.10 Å². The van der Waals surface area contributed by atoms with E-state index >= 15 is 0 Å². The van der Waals surface area contributed by atoms with Crippen molar-refractivity contribution in [3.05, 3.63) is 53.8 Å². The van der Waals surface area contributed by atoms with E-state index in [0.29, 0.717) is 10.8 Å². The smallest absolute Gasteiger partial charge is 0.273 e. The van der Waals surface area contributed by atoms with Crippen LogP contribution < -0.4 is 16.1 Å². The molecule has 0 unspecified atom stereocenters. The van der Waals surface area contributed by atoms with Crippen molar-refractivity contribution in [3.63, 3.8) is 0 Å². The van der Waals surface area contributed by atoms with E-state index in [9.17, 15) is 14.0 Å². The van der Waals surface area contributed by atoms with E-state index in [2.05, 4.69) is 15.4 Å². The van der Waals surface area contributed by atoms with Crippen LogP contribution in [0.1, 0.15) is 12.0 Å². The van der Waals surface area contributed by atoms with Crippen LogP contribution in [0.2, 0.25) is 0 Å². The molecule has 7 nitrogen and oxygen atoms in total. The first kappa shape index (κ1) is 18.1. The van der Waals surface area contributed by atoms with Crippen molar-refractivity contribution in [1.29, 1.82) is 0 Å². The number of amides is 2. The number of hydrogen-bond donors (Lipinski definition) is 2. The van der Waals surface area contributed by atoms with E-state index in [1.807, 2.05) is 25.1 Å². The summed E-state index contributed by atoms with van der Waals surface area (Å²) in [6, 6.07) is 10.5. The Labute approximate surface area is 163 Å². The molecule has 1 atom stereocenters. The first-order chi connectivity index (χ1) is 13.4. The van der Waals surface area contributed by atoms with Crippen LogP contribution in [0, 0.1) is 12.7 Å². The SMILES string of the molecule is Cc1ccc2nc(NC(=O)C3=NN(c4ccc(F)cc4)[C@H](C(N)=O)C3)sc2c1. The largest absolute Gasteiger partial charge is 0.368 e. The maximum Gasteiger partial charge on any atom is 0.273 e. The van der Waals surface area contributed by atoms with Crippen molar-refractivity contribution in [2.45, 2.75) is 19.4 Å². The van der Waals surface area contributed by atoms with Gasteiger partial charge in [0.25, 0.3) is 5.91 Å². The molecule has 0 saturated heterocycles. The van der Waals surface area contributed by atoms with Gasteiger partial charge in [-0.25, -0.2) is 9.37 Å². The van der Waals surface area contributed by atoms with Gasteiger partial charge in [0.15, 0.2) is 5.13 Å². The predicted molar refractivity (Wildman–Crippen MR) is 107 cm³/mol. The summed E-state index contributed by atoms with van der Waals surface area (Å²) in [5, 5.41) is 8.77. The number of nitrogens with two attached hydrogens (primary N) is 1. The maximum absolute atomic E-state index is 13.2. The molecule has 1 aliphatic rings. The van der Waals surface area contributed by atoms with Crippen LogP contribution in [0.3, 0.4) is 0 Å². The van der Waals surface area contributed by atoms with E-state index in [0.717, 1.165) is 15.8 Å². The van der Waals surface area contributed by atoms with Gasteiger partial charge in [0.1, 0.15) is 17.6 Å². The number of hydrogen-bond acceptors (Lipinski definition) is 6. The molecule has 3 N–H and O–H groups in total. The van der Waals surface area contributed by atoms with Gasteiger partial charge < -0.3 is 5.73 Å². The number of fused-ring (bicyclic) bond motifs is 1. The Kier molecular flexibility index (Phi) is 4.52. The summed E-state index contributed by atoms with van der Waals surface area (Å²) in [6.45, 7) is 1.98. The second kappa shape index (κ2) is 7.01. The van der Waals surface area contributed by atoms with Gasteiger partial charge >= 0.3 is 0 Å². The van der Waals surface area contributed by atoms with Gasteiger partial charge in [-0.05, 0) is 48.9 Å². The van der Waals surface area contributed by atoms with Gasteiger partial charge in [-0.15, -0.1) is 0 Å². The molecule has 0 bridgehead atoms. The monoisotopic (exact) mass is 397 g/mol. The van der Waals surface area contributed by atoms with Crippen molar-refractivity contribution >= 4 is 49.9 Å². The number of nitrogens with one attached hydrogen (secondary N) is 1. The van der Waals surface area contributed by atoms with Crippen LogP contribution in [0.15, 0.2) is 47.6 Å². The fraction of sp³-hybridized carbons (Fsp3) is 0.158. The van der Waals surface area contributed by atoms with Gasteiger partial charge in [0.2, 0.25) is 5.91 Å². The fourth-order valence-electron chi connectivity index (χ4n) is 2.96. The molecule has 0 radical (unpaired) electrons. The lowest BCUT2D eigenvalue weighted by atomic mass is 10.1. The van der Waals surface area contributed by atoms with Gasteiger partial charge in [-0.1, -0.05) is 17.4 Å². The lowest BCUT2D eigenvalue weighted by Gasteiger charge is -2.20. The quantitative estimate of drug-likeness (QED) is 0.707. The molecule has 28 heavy (non-hydrogen) atoms. The topological polar surface area (TPSA) is 101 Å². The number of benzene rings is 2. The summed E-state index contributed by atoms with van der Waals surface area (Å²) in [6.07, 6.45) is 0.0581. The van der Waals surface area contributed by atoms with E-state index < -0.39 is 23.7 Å². The van der Waals surface area contributed by atoms with Crippen molar-refractivity contribution in [1.82, 2.24) is 4.98 Å². The lowest BCUT2D eigenvalue weighted by Crippen LogP contribution is -2.39. The molecule has 4 rings (SSSR count). The average Bonchev–Trinajstić information content (AvgIpc) is 3.26. The van der Waals surface area contributed by atoms with Gasteiger partial charge in [0, 0.05) is 6.42 Å². The number of carbonyl (C=O) groups excluding carboxylic acids is 2. The number of anilines is 2. The number of halogens is 1. The van der Waals surface area contributed by atoms with Crippen LogP contribution in [0.5, 0.6) is 0 Å². The molecule has 1 aromatic heterocycles. The average molecular weight is 397 g/mol. The van der Waals surface area contributed by atoms with Crippen molar-refractivity contribution in [2.24, 2.45) is 10.8 Å². The second-order valence-electron chi connectivity index (χ2n) is 6.43. The number of hydrazone groups is 1. The maximum atomic E-state index is 13.2. The number of rotatable bonds is 4. The van der Waals surface area contributed by atoms with Crippen LogP contribution in [-0.2, 0) is 9.59 Å². The Morgan fingerprint density at radius 2 is 2.00 bits per heavy atom. The molecule has 9 heteroatoms. The van der Waals surface area contributed by atoms with Crippen molar-refractivity contribution in [2.75, 3.05) is 10.3 Å². The van der Waals surface area contributed by atoms with Crippen LogP contribution in [0.25, 0.3) is 10.2 Å². The van der Waals surface area contributed by atoms with E-state index in [4.69, 9.17) is 5.73 Å². The third-order valence-electron chi connectivity index (χ3n) is 4.36. The third kappa shape index (κ3) is 3.44. The van der Waals surface area contributed by atoms with Crippen molar-refractivity contribution in [3.8, 4) is 0 Å². The molecule has 0 fully saturated rings. The molecule has 0 spiro atoms. The highest BCUT2D eigenvalue weighted by atomic mass is 32.1. The Balaban J connectivity index is 1.58. The lowest BCUT2D eigenvalue weighted by molar-refractivity contribution is -0.119. The van der Waals surface area contributed by atoms with Gasteiger partial charge in [-0.3, -0.25) is 19.9 Å². The fourth-order valence-corrected chi connectivity index (χ4v) is 3.91. The number of carbonyl (C=O) groups is 2. The molecule has 2 heterocycles. The normalized spacial score (nSPS) is 16.3. The molecule has 142 valence electrons. The summed E-state index contributed by atoms with van der Waals surface area (Å²) >= 11 is 1.36. The Morgan fingerprint density at radius 3 is 2.71 bits per heavy atom. The Morgan fingerprint density at radius 1 is 1.25 bits per heavy atom. The second-order valence-corrected chi connectivity index (χ2v) is 7.46. The number of aryl methyl sites for hydroxylation is 1. The van der Waals surface area contributed by atoms with E-state index in [1.165, 1.54) is 40.6 Å². The minimum absolute atomic E-state index is 0.0581. The van der Waals surface area contributed by atoms with Crippen molar-refractivity contribution < 1.29 is 14.0 Å². The molecule has 3 aromatic rings. The minimum atomic E-state index is -0.816.